The number of nitrogens with zero attached hydrogens (tertiary/aromatic N) is 1. The molecule has 0 aliphatic heterocycles. The Morgan fingerprint density at radius 1 is 1.17 bits per heavy atom. The van der Waals surface area contributed by atoms with Crippen LogP contribution in [0.25, 0.3) is 0 Å². The molecule has 1 unspecified atom stereocenters. The summed E-state index contributed by atoms with van der Waals surface area (Å²) >= 11 is 11.7. The summed E-state index contributed by atoms with van der Waals surface area (Å²) < 4.78 is 5.02. The lowest BCUT2D eigenvalue weighted by atomic mass is 10.1. The van der Waals surface area contributed by atoms with Crippen LogP contribution in [0.1, 0.15) is 35.8 Å². The van der Waals surface area contributed by atoms with Crippen molar-refractivity contribution in [1.29, 1.82) is 0 Å². The monoisotopic (exact) mass is 369 g/mol. The fraction of sp³-hybridized carbons (Fsp3) is 0.235. The third-order valence-electron chi connectivity index (χ3n) is 2.96. The maximum Gasteiger partial charge on any atom is 0.338 e. The number of benzene rings is 2. The number of hydrogen-bond donors (Lipinski definition) is 0. The molecule has 0 aromatic heterocycles. The first-order valence-electron chi connectivity index (χ1n) is 7.29. The third-order valence-corrected chi connectivity index (χ3v) is 3.52. The molecule has 7 heteroatoms. The Morgan fingerprint density at radius 3 is 2.33 bits per heavy atom. The van der Waals surface area contributed by atoms with Gasteiger partial charge in [-0.2, -0.15) is 0 Å². The van der Waals surface area contributed by atoms with Crippen LogP contribution in [0, 0.1) is 10.1 Å². The Bertz CT molecular complexity index is 692. The number of esters is 1. The number of hydrogen-bond acceptors (Lipinski definition) is 4. The van der Waals surface area contributed by atoms with Gasteiger partial charge in [-0.05, 0) is 30.3 Å². The molecule has 0 spiro atoms. The van der Waals surface area contributed by atoms with Crippen molar-refractivity contribution in [1.82, 2.24) is 0 Å². The SMILES string of the molecule is CC.O=C(OCC(c1ccc(Cl)cc1Cl)[N+](=O)[O-])c1ccccc1. The fourth-order valence-electron chi connectivity index (χ4n) is 1.85. The average molecular weight is 370 g/mol. The molecule has 0 fully saturated rings. The Hall–Kier alpha value is -2.11. The lowest BCUT2D eigenvalue weighted by Crippen LogP contribution is -2.20. The van der Waals surface area contributed by atoms with Crippen LogP contribution in [0.3, 0.4) is 0 Å². The molecule has 0 saturated heterocycles. The van der Waals surface area contributed by atoms with Crippen LogP contribution >= 0.6 is 23.2 Å². The summed E-state index contributed by atoms with van der Waals surface area (Å²) in [7, 11) is 0. The summed E-state index contributed by atoms with van der Waals surface area (Å²) in [6, 6.07) is 11.4. The number of ether oxygens (including phenoxy) is 1. The zero-order chi connectivity index (χ0) is 18.1. The summed E-state index contributed by atoms with van der Waals surface area (Å²) in [5, 5.41) is 11.7. The zero-order valence-corrected chi connectivity index (χ0v) is 14.8. The van der Waals surface area contributed by atoms with Crippen molar-refractivity contribution in [2.45, 2.75) is 19.9 Å². The van der Waals surface area contributed by atoms with E-state index in [1.807, 2.05) is 13.8 Å². The molecule has 1 atom stereocenters. The summed E-state index contributed by atoms with van der Waals surface area (Å²) in [4.78, 5) is 22.5. The Kier molecular flexibility index (Phi) is 8.22. The van der Waals surface area contributed by atoms with E-state index in [2.05, 4.69) is 0 Å². The van der Waals surface area contributed by atoms with Gasteiger partial charge in [-0.1, -0.05) is 55.2 Å². The van der Waals surface area contributed by atoms with Gasteiger partial charge < -0.3 is 4.74 Å². The number of halogens is 2. The minimum Gasteiger partial charge on any atom is -0.454 e. The molecular formula is C17H17Cl2NO4. The first-order chi connectivity index (χ1) is 11.5. The topological polar surface area (TPSA) is 69.4 Å². The Morgan fingerprint density at radius 2 is 1.79 bits per heavy atom. The van der Waals surface area contributed by atoms with E-state index < -0.39 is 23.5 Å². The molecule has 0 amide bonds. The van der Waals surface area contributed by atoms with E-state index in [0.717, 1.165) is 0 Å². The minimum absolute atomic E-state index is 0.157. The van der Waals surface area contributed by atoms with Crippen molar-refractivity contribution in [3.05, 3.63) is 79.8 Å². The quantitative estimate of drug-likeness (QED) is 0.412. The molecule has 0 saturated carbocycles. The van der Waals surface area contributed by atoms with Gasteiger partial charge in [0.05, 0.1) is 10.6 Å². The minimum atomic E-state index is -1.25. The van der Waals surface area contributed by atoms with Gasteiger partial charge in [0.1, 0.15) is 0 Å². The van der Waals surface area contributed by atoms with Crippen LogP contribution in [-0.2, 0) is 4.74 Å². The second kappa shape index (κ2) is 9.90. The van der Waals surface area contributed by atoms with Crippen molar-refractivity contribution < 1.29 is 14.5 Å². The standard InChI is InChI=1S/C15H11Cl2NO4.C2H6/c16-11-6-7-12(13(17)8-11)14(18(20)21)9-22-15(19)10-4-2-1-3-5-10;1-2/h1-8,14H,9H2;1-2H3. The van der Waals surface area contributed by atoms with Gasteiger partial charge in [0.25, 0.3) is 6.04 Å². The van der Waals surface area contributed by atoms with Crippen molar-refractivity contribution in [3.8, 4) is 0 Å². The zero-order valence-electron chi connectivity index (χ0n) is 13.2. The van der Waals surface area contributed by atoms with Gasteiger partial charge in [0, 0.05) is 15.5 Å². The molecular weight excluding hydrogens is 353 g/mol. The summed E-state index contributed by atoms with van der Waals surface area (Å²) in [5.41, 5.74) is 0.573. The highest BCUT2D eigenvalue weighted by atomic mass is 35.5. The highest BCUT2D eigenvalue weighted by Gasteiger charge is 2.27. The maximum absolute atomic E-state index is 11.8. The highest BCUT2D eigenvalue weighted by Crippen LogP contribution is 2.28. The fourth-order valence-corrected chi connectivity index (χ4v) is 2.38. The molecule has 2 aromatic carbocycles. The third kappa shape index (κ3) is 5.51. The van der Waals surface area contributed by atoms with Crippen molar-refractivity contribution in [3.63, 3.8) is 0 Å². The summed E-state index contributed by atoms with van der Waals surface area (Å²) in [6.45, 7) is 3.59. The van der Waals surface area contributed by atoms with Gasteiger partial charge in [0.2, 0.25) is 0 Å². The van der Waals surface area contributed by atoms with E-state index in [0.29, 0.717) is 10.6 Å². The van der Waals surface area contributed by atoms with E-state index >= 15 is 0 Å². The molecule has 2 rings (SSSR count). The molecule has 128 valence electrons. The first-order valence-corrected chi connectivity index (χ1v) is 8.05. The second-order valence-corrected chi connectivity index (χ2v) is 5.28. The Labute approximate surface area is 150 Å². The normalized spacial score (nSPS) is 11.0. The van der Waals surface area contributed by atoms with Crippen LogP contribution in [0.4, 0.5) is 0 Å². The average Bonchev–Trinajstić information content (AvgIpc) is 2.59. The van der Waals surface area contributed by atoms with E-state index in [1.165, 1.54) is 18.2 Å². The lowest BCUT2D eigenvalue weighted by molar-refractivity contribution is -0.531. The largest absolute Gasteiger partial charge is 0.454 e. The molecule has 0 aliphatic rings. The van der Waals surface area contributed by atoms with Crippen LogP contribution in [0.2, 0.25) is 10.0 Å². The van der Waals surface area contributed by atoms with E-state index in [-0.39, 0.29) is 10.6 Å². The highest BCUT2D eigenvalue weighted by molar-refractivity contribution is 6.35. The second-order valence-electron chi connectivity index (χ2n) is 4.43. The number of rotatable bonds is 5. The van der Waals surface area contributed by atoms with Crippen molar-refractivity contribution >= 4 is 29.2 Å². The molecule has 0 N–H and O–H groups in total. The molecule has 0 aliphatic carbocycles. The summed E-state index contributed by atoms with van der Waals surface area (Å²) in [6.07, 6.45) is 0. The van der Waals surface area contributed by atoms with Crippen molar-refractivity contribution in [2.75, 3.05) is 6.61 Å². The molecule has 0 radical (unpaired) electrons. The predicted octanol–water partition coefficient (Wildman–Crippen LogP) is 5.19. The van der Waals surface area contributed by atoms with Crippen LogP contribution in [0.15, 0.2) is 48.5 Å². The predicted molar refractivity (Wildman–Crippen MR) is 94.3 cm³/mol. The molecule has 24 heavy (non-hydrogen) atoms. The molecule has 2 aromatic rings. The number of nitro groups is 1. The van der Waals surface area contributed by atoms with Gasteiger partial charge in [-0.3, -0.25) is 10.1 Å². The van der Waals surface area contributed by atoms with Crippen LogP contribution in [0.5, 0.6) is 0 Å². The Balaban J connectivity index is 0.00000139. The number of carbonyl (C=O) groups excluding carboxylic acids is 1. The number of carbonyl (C=O) groups is 1. The molecule has 0 bridgehead atoms. The first kappa shape index (κ1) is 19.9. The van der Waals surface area contributed by atoms with E-state index in [9.17, 15) is 14.9 Å². The van der Waals surface area contributed by atoms with E-state index in [1.54, 1.807) is 30.3 Å². The van der Waals surface area contributed by atoms with Gasteiger partial charge in [0.15, 0.2) is 6.61 Å². The van der Waals surface area contributed by atoms with Gasteiger partial charge in [-0.25, -0.2) is 4.79 Å². The van der Waals surface area contributed by atoms with E-state index in [4.69, 9.17) is 27.9 Å². The molecule has 0 heterocycles. The smallest absolute Gasteiger partial charge is 0.338 e. The lowest BCUT2D eigenvalue weighted by Gasteiger charge is -2.12. The summed E-state index contributed by atoms with van der Waals surface area (Å²) in [5.74, 6) is -0.627. The van der Waals surface area contributed by atoms with Gasteiger partial charge in [-0.15, -0.1) is 0 Å². The van der Waals surface area contributed by atoms with Gasteiger partial charge >= 0.3 is 5.97 Å². The maximum atomic E-state index is 11.8. The van der Waals surface area contributed by atoms with Crippen LogP contribution < -0.4 is 0 Å². The van der Waals surface area contributed by atoms with Crippen LogP contribution in [-0.4, -0.2) is 17.5 Å². The molecule has 5 nitrogen and oxygen atoms in total. The van der Waals surface area contributed by atoms with Crippen molar-refractivity contribution in [2.24, 2.45) is 0 Å².